The van der Waals surface area contributed by atoms with Crippen molar-refractivity contribution < 1.29 is 13.2 Å². The molecular weight excluding hydrogens is 371 g/mol. The summed E-state index contributed by atoms with van der Waals surface area (Å²) in [5, 5.41) is 2.49. The quantitative estimate of drug-likeness (QED) is 0.251. The van der Waals surface area contributed by atoms with Crippen LogP contribution in [0.15, 0.2) is 0 Å². The number of hydrogen-bond acceptors (Lipinski definition) is 1. The minimum Gasteiger partial charge on any atom is -0.309 e. The zero-order valence-corrected chi connectivity index (χ0v) is 19.2. The molecule has 0 radical (unpaired) electrons. The van der Waals surface area contributed by atoms with Crippen molar-refractivity contribution >= 4 is 12.4 Å². The summed E-state index contributed by atoms with van der Waals surface area (Å²) in [6.07, 6.45) is 8.40. The molecule has 0 aliphatic heterocycles. The van der Waals surface area contributed by atoms with Crippen molar-refractivity contribution in [2.24, 2.45) is 23.7 Å². The number of rotatable bonds is 16. The van der Waals surface area contributed by atoms with Gasteiger partial charge in [-0.05, 0) is 36.6 Å². The highest BCUT2D eigenvalue weighted by Gasteiger charge is 2.25. The van der Waals surface area contributed by atoms with Gasteiger partial charge >= 0.3 is 6.18 Å². The van der Waals surface area contributed by atoms with Crippen molar-refractivity contribution in [1.82, 2.24) is 5.32 Å². The molecular formula is C22H45ClF3N. The third-order valence-corrected chi connectivity index (χ3v) is 5.41. The van der Waals surface area contributed by atoms with Crippen molar-refractivity contribution in [2.45, 2.75) is 105 Å². The fraction of sp³-hybridized carbons (Fsp3) is 1.00. The van der Waals surface area contributed by atoms with Gasteiger partial charge in [0.15, 0.2) is 0 Å². The predicted molar refractivity (Wildman–Crippen MR) is 115 cm³/mol. The Labute approximate surface area is 173 Å². The van der Waals surface area contributed by atoms with Gasteiger partial charge in [0.05, 0.1) is 6.54 Å². The Balaban J connectivity index is 0. The number of halogens is 4. The first kappa shape index (κ1) is 29.2. The largest absolute Gasteiger partial charge is 0.401 e. The highest BCUT2D eigenvalue weighted by molar-refractivity contribution is 5.85. The van der Waals surface area contributed by atoms with Crippen molar-refractivity contribution in [3.05, 3.63) is 0 Å². The van der Waals surface area contributed by atoms with Gasteiger partial charge in [0.1, 0.15) is 0 Å². The van der Waals surface area contributed by atoms with Crippen molar-refractivity contribution in [3.63, 3.8) is 0 Å². The average Bonchev–Trinajstić information content (AvgIpc) is 2.50. The first-order valence-corrected chi connectivity index (χ1v) is 10.9. The van der Waals surface area contributed by atoms with E-state index in [4.69, 9.17) is 0 Å². The van der Waals surface area contributed by atoms with Gasteiger partial charge in [-0.15, -0.1) is 12.4 Å². The Morgan fingerprint density at radius 1 is 0.630 bits per heavy atom. The minimum atomic E-state index is -4.09. The lowest BCUT2D eigenvalue weighted by Crippen LogP contribution is -2.30. The summed E-state index contributed by atoms with van der Waals surface area (Å²) in [6.45, 7) is 11.1. The summed E-state index contributed by atoms with van der Waals surface area (Å²) in [5.74, 6) is 2.95. The molecule has 0 saturated heterocycles. The first-order chi connectivity index (χ1) is 12.1. The molecule has 3 unspecified atom stereocenters. The van der Waals surface area contributed by atoms with E-state index >= 15 is 0 Å². The molecule has 3 atom stereocenters. The lowest BCUT2D eigenvalue weighted by Gasteiger charge is -2.16. The Morgan fingerprint density at radius 3 is 1.37 bits per heavy atom. The molecule has 0 aliphatic carbocycles. The van der Waals surface area contributed by atoms with Gasteiger partial charge < -0.3 is 5.32 Å². The van der Waals surface area contributed by atoms with E-state index in [1.807, 2.05) is 0 Å². The number of hydrogen-bond donors (Lipinski definition) is 1. The van der Waals surface area contributed by atoms with E-state index in [9.17, 15) is 13.2 Å². The Morgan fingerprint density at radius 2 is 1.00 bits per heavy atom. The maximum absolute atomic E-state index is 12.1. The summed E-state index contributed by atoms with van der Waals surface area (Å²) < 4.78 is 36.2. The van der Waals surface area contributed by atoms with Crippen LogP contribution in [0.5, 0.6) is 0 Å². The first-order valence-electron chi connectivity index (χ1n) is 10.9. The van der Waals surface area contributed by atoms with Crippen LogP contribution in [-0.4, -0.2) is 19.3 Å². The third kappa shape index (κ3) is 22.2. The SMILES string of the molecule is CC(C)CCCC(C)CCCC(C)CCCC(C)CCNCC(F)(F)F.Cl. The lowest BCUT2D eigenvalue weighted by atomic mass is 9.91. The summed E-state index contributed by atoms with van der Waals surface area (Å²) >= 11 is 0. The van der Waals surface area contributed by atoms with Crippen LogP contribution in [-0.2, 0) is 0 Å². The van der Waals surface area contributed by atoms with Crippen LogP contribution in [0.4, 0.5) is 13.2 Å². The van der Waals surface area contributed by atoms with E-state index in [0.717, 1.165) is 30.6 Å². The monoisotopic (exact) mass is 415 g/mol. The molecule has 0 aromatic rings. The van der Waals surface area contributed by atoms with Gasteiger partial charge in [-0.25, -0.2) is 0 Å². The summed E-state index contributed by atoms with van der Waals surface area (Å²) in [6, 6.07) is 0. The molecule has 0 amide bonds. The molecule has 0 bridgehead atoms. The summed E-state index contributed by atoms with van der Waals surface area (Å²) in [5.41, 5.74) is 0. The molecule has 0 spiro atoms. The molecule has 0 heterocycles. The zero-order valence-electron chi connectivity index (χ0n) is 18.3. The molecule has 0 saturated carbocycles. The van der Waals surface area contributed by atoms with Crippen LogP contribution in [0.3, 0.4) is 0 Å². The van der Waals surface area contributed by atoms with Crippen LogP contribution in [0.25, 0.3) is 0 Å². The smallest absolute Gasteiger partial charge is 0.309 e. The average molecular weight is 416 g/mol. The standard InChI is InChI=1S/C22H44F3N.ClH/c1-18(2)9-6-10-19(3)11-7-12-20(4)13-8-14-21(5)15-16-26-17-22(23,24)25;/h18-21,26H,6-17H2,1-5H3;1H. The maximum atomic E-state index is 12.1. The van der Waals surface area contributed by atoms with E-state index < -0.39 is 12.7 Å². The number of nitrogens with one attached hydrogen (secondary N) is 1. The predicted octanol–water partition coefficient (Wildman–Crippen LogP) is 8.03. The fourth-order valence-corrected chi connectivity index (χ4v) is 3.52. The van der Waals surface area contributed by atoms with Gasteiger partial charge in [-0.1, -0.05) is 92.4 Å². The Kier molecular flexibility index (Phi) is 18.4. The second kappa shape index (κ2) is 16.9. The second-order valence-corrected chi connectivity index (χ2v) is 9.08. The van der Waals surface area contributed by atoms with Crippen molar-refractivity contribution in [2.75, 3.05) is 13.1 Å². The van der Waals surface area contributed by atoms with Gasteiger partial charge in [0.25, 0.3) is 0 Å². The Hall–Kier alpha value is 0.0400. The fourth-order valence-electron chi connectivity index (χ4n) is 3.52. The van der Waals surface area contributed by atoms with Crippen LogP contribution >= 0.6 is 12.4 Å². The maximum Gasteiger partial charge on any atom is 0.401 e. The van der Waals surface area contributed by atoms with E-state index in [2.05, 4.69) is 39.9 Å². The topological polar surface area (TPSA) is 12.0 Å². The molecule has 5 heteroatoms. The molecule has 1 nitrogen and oxygen atoms in total. The molecule has 166 valence electrons. The van der Waals surface area contributed by atoms with Crippen molar-refractivity contribution in [1.29, 1.82) is 0 Å². The van der Waals surface area contributed by atoms with Gasteiger partial charge in [0, 0.05) is 0 Å². The van der Waals surface area contributed by atoms with Crippen molar-refractivity contribution in [3.8, 4) is 0 Å². The molecule has 0 aromatic heterocycles. The summed E-state index contributed by atoms with van der Waals surface area (Å²) in [7, 11) is 0. The van der Waals surface area contributed by atoms with Gasteiger partial charge in [0.2, 0.25) is 0 Å². The highest BCUT2D eigenvalue weighted by atomic mass is 35.5. The lowest BCUT2D eigenvalue weighted by molar-refractivity contribution is -0.124. The van der Waals surface area contributed by atoms with Gasteiger partial charge in [-0.3, -0.25) is 0 Å². The zero-order chi connectivity index (χ0) is 20.0. The molecule has 1 N–H and O–H groups in total. The van der Waals surface area contributed by atoms with Gasteiger partial charge in [-0.2, -0.15) is 13.2 Å². The minimum absolute atomic E-state index is 0. The molecule has 0 aromatic carbocycles. The summed E-state index contributed by atoms with van der Waals surface area (Å²) in [4.78, 5) is 0. The van der Waals surface area contributed by atoms with E-state index in [0.29, 0.717) is 12.5 Å². The van der Waals surface area contributed by atoms with Crippen LogP contribution in [0.1, 0.15) is 98.8 Å². The Bertz CT molecular complexity index is 321. The highest BCUT2D eigenvalue weighted by Crippen LogP contribution is 2.22. The molecule has 0 fully saturated rings. The number of alkyl halides is 3. The van der Waals surface area contributed by atoms with E-state index in [-0.39, 0.29) is 12.4 Å². The van der Waals surface area contributed by atoms with Crippen LogP contribution in [0, 0.1) is 23.7 Å². The normalized spacial score (nSPS) is 15.4. The molecule has 0 rings (SSSR count). The molecule has 27 heavy (non-hydrogen) atoms. The van der Waals surface area contributed by atoms with Crippen LogP contribution < -0.4 is 5.32 Å². The van der Waals surface area contributed by atoms with Crippen LogP contribution in [0.2, 0.25) is 0 Å². The molecule has 0 aliphatic rings. The van der Waals surface area contributed by atoms with E-state index in [1.54, 1.807) is 0 Å². The second-order valence-electron chi connectivity index (χ2n) is 9.08. The van der Waals surface area contributed by atoms with E-state index in [1.165, 1.54) is 51.4 Å². The third-order valence-electron chi connectivity index (χ3n) is 5.41.